The Morgan fingerprint density at radius 2 is 2.19 bits per heavy atom. The molecule has 0 spiro atoms. The third kappa shape index (κ3) is 5.10. The van der Waals surface area contributed by atoms with Crippen molar-refractivity contribution in [2.45, 2.75) is 18.9 Å². The Bertz CT molecular complexity index is 1340. The van der Waals surface area contributed by atoms with Crippen molar-refractivity contribution in [3.8, 4) is 5.88 Å². The van der Waals surface area contributed by atoms with Gasteiger partial charge in [-0.3, -0.25) is 4.79 Å². The first-order valence-electron chi connectivity index (χ1n) is 11.6. The molecule has 0 unspecified atom stereocenters. The molecule has 9 heteroatoms. The highest BCUT2D eigenvalue weighted by Gasteiger charge is 2.36. The van der Waals surface area contributed by atoms with Crippen molar-refractivity contribution in [3.63, 3.8) is 0 Å². The van der Waals surface area contributed by atoms with Gasteiger partial charge in [0, 0.05) is 23.1 Å². The highest BCUT2D eigenvalue weighted by molar-refractivity contribution is 5.95. The second-order valence-corrected chi connectivity index (χ2v) is 8.30. The van der Waals surface area contributed by atoms with Gasteiger partial charge in [-0.2, -0.15) is 0 Å². The molecule has 0 saturated carbocycles. The van der Waals surface area contributed by atoms with Gasteiger partial charge in [0.1, 0.15) is 12.4 Å². The molecule has 3 aliphatic rings. The highest BCUT2D eigenvalue weighted by Crippen LogP contribution is 2.29. The van der Waals surface area contributed by atoms with E-state index >= 15 is 0 Å². The van der Waals surface area contributed by atoms with Crippen LogP contribution < -0.4 is 10.1 Å². The van der Waals surface area contributed by atoms with Gasteiger partial charge in [0.25, 0.3) is 0 Å². The first-order chi connectivity index (χ1) is 17.6. The molecule has 1 fully saturated rings. The van der Waals surface area contributed by atoms with Crippen molar-refractivity contribution in [3.05, 3.63) is 89.9 Å². The number of pyridine rings is 1. The third-order valence-electron chi connectivity index (χ3n) is 5.88. The Kier molecular flexibility index (Phi) is 6.70. The van der Waals surface area contributed by atoms with Gasteiger partial charge >= 0.3 is 6.09 Å². The van der Waals surface area contributed by atoms with E-state index < -0.39 is 12.2 Å². The molecule has 2 aromatic rings. The summed E-state index contributed by atoms with van der Waals surface area (Å²) in [7, 11) is 1.56. The van der Waals surface area contributed by atoms with E-state index in [1.54, 1.807) is 19.3 Å². The molecule has 1 N–H and O–H groups in total. The van der Waals surface area contributed by atoms with Crippen LogP contribution in [0.1, 0.15) is 18.4 Å². The van der Waals surface area contributed by atoms with Crippen molar-refractivity contribution < 1.29 is 28.5 Å². The zero-order valence-corrected chi connectivity index (χ0v) is 19.7. The molecule has 0 radical (unpaired) electrons. The van der Waals surface area contributed by atoms with Crippen LogP contribution in [0.15, 0.2) is 84.4 Å². The number of benzene rings is 1. The Balaban J connectivity index is 1.16. The Labute approximate surface area is 208 Å². The second-order valence-electron chi connectivity index (χ2n) is 8.30. The SMILES string of the molecule is COc1ccc2cccc(/C=C/C(=O)NC[C@@H]3CN(C4=COC=C(C5=CC=CCC5)O4)C(=O)O3)c2n1. The van der Waals surface area contributed by atoms with Gasteiger partial charge in [0.15, 0.2) is 12.0 Å². The smallest absolute Gasteiger partial charge is 0.417 e. The number of ether oxygens (including phenoxy) is 4. The summed E-state index contributed by atoms with van der Waals surface area (Å²) in [6.07, 6.45) is 12.6. The number of carbonyl (C=O) groups is 2. The fourth-order valence-electron chi connectivity index (χ4n) is 4.03. The topological polar surface area (TPSA) is 99.2 Å². The molecule has 1 saturated heterocycles. The van der Waals surface area contributed by atoms with Crippen LogP contribution >= 0.6 is 0 Å². The van der Waals surface area contributed by atoms with Crippen LogP contribution in [0.25, 0.3) is 17.0 Å². The minimum atomic E-state index is -0.561. The summed E-state index contributed by atoms with van der Waals surface area (Å²) in [6.45, 7) is 0.372. The molecule has 1 aromatic heterocycles. The van der Waals surface area contributed by atoms with Crippen molar-refractivity contribution in [2.24, 2.45) is 0 Å². The normalized spacial score (nSPS) is 19.2. The lowest BCUT2D eigenvalue weighted by Gasteiger charge is -2.23. The summed E-state index contributed by atoms with van der Waals surface area (Å²) < 4.78 is 21.9. The van der Waals surface area contributed by atoms with Crippen molar-refractivity contribution in [1.82, 2.24) is 15.2 Å². The monoisotopic (exact) mass is 487 g/mol. The lowest BCUT2D eigenvalue weighted by Crippen LogP contribution is -2.34. The minimum Gasteiger partial charge on any atom is -0.481 e. The number of allylic oxidation sites excluding steroid dienone is 4. The maximum absolute atomic E-state index is 12.4. The quantitative estimate of drug-likeness (QED) is 0.586. The zero-order valence-electron chi connectivity index (χ0n) is 19.7. The molecule has 2 aliphatic heterocycles. The summed E-state index contributed by atoms with van der Waals surface area (Å²) in [6, 6.07) is 9.41. The molecular formula is C27H25N3O6. The molecule has 36 heavy (non-hydrogen) atoms. The van der Waals surface area contributed by atoms with Gasteiger partial charge < -0.3 is 24.3 Å². The molecular weight excluding hydrogens is 462 g/mol. The molecule has 1 aromatic carbocycles. The van der Waals surface area contributed by atoms with Crippen LogP contribution in [-0.2, 0) is 19.0 Å². The van der Waals surface area contributed by atoms with Crippen LogP contribution in [0.4, 0.5) is 4.79 Å². The Morgan fingerprint density at radius 1 is 1.28 bits per heavy atom. The van der Waals surface area contributed by atoms with Crippen LogP contribution in [0.2, 0.25) is 0 Å². The van der Waals surface area contributed by atoms with Gasteiger partial charge in [-0.1, -0.05) is 36.4 Å². The average Bonchev–Trinajstić information content (AvgIpc) is 3.31. The summed E-state index contributed by atoms with van der Waals surface area (Å²) >= 11 is 0. The van der Waals surface area contributed by atoms with Gasteiger partial charge in [0.05, 0.1) is 25.7 Å². The predicted octanol–water partition coefficient (Wildman–Crippen LogP) is 4.16. The van der Waals surface area contributed by atoms with Crippen molar-refractivity contribution in [1.29, 1.82) is 0 Å². The molecule has 0 bridgehead atoms. The summed E-state index contributed by atoms with van der Waals surface area (Å²) in [4.78, 5) is 30.7. The average molecular weight is 488 g/mol. The number of hydrogen-bond donors (Lipinski definition) is 1. The first kappa shape index (κ1) is 23.2. The Morgan fingerprint density at radius 3 is 3.03 bits per heavy atom. The van der Waals surface area contributed by atoms with Gasteiger partial charge in [-0.05, 0) is 30.6 Å². The number of aromatic nitrogens is 1. The van der Waals surface area contributed by atoms with E-state index in [2.05, 4.69) is 16.4 Å². The van der Waals surface area contributed by atoms with Crippen LogP contribution in [0.5, 0.6) is 5.88 Å². The molecule has 2 amide bonds. The number of hydrogen-bond acceptors (Lipinski definition) is 7. The predicted molar refractivity (Wildman–Crippen MR) is 132 cm³/mol. The van der Waals surface area contributed by atoms with Crippen LogP contribution in [0, 0.1) is 0 Å². The minimum absolute atomic E-state index is 0.153. The Hall–Kier alpha value is -4.53. The van der Waals surface area contributed by atoms with E-state index in [1.807, 2.05) is 36.4 Å². The number of amides is 2. The lowest BCUT2D eigenvalue weighted by molar-refractivity contribution is -0.116. The van der Waals surface area contributed by atoms with Crippen LogP contribution in [0.3, 0.4) is 0 Å². The molecule has 184 valence electrons. The largest absolute Gasteiger partial charge is 0.481 e. The van der Waals surface area contributed by atoms with Gasteiger partial charge in [0.2, 0.25) is 17.7 Å². The van der Waals surface area contributed by atoms with E-state index in [0.717, 1.165) is 34.9 Å². The van der Waals surface area contributed by atoms with Crippen molar-refractivity contribution >= 4 is 29.0 Å². The number of methoxy groups -OCH3 is 1. The third-order valence-corrected chi connectivity index (χ3v) is 5.88. The molecule has 1 aliphatic carbocycles. The van der Waals surface area contributed by atoms with E-state index in [1.165, 1.54) is 23.5 Å². The second kappa shape index (κ2) is 10.4. The number of nitrogens with one attached hydrogen (secondary N) is 1. The highest BCUT2D eigenvalue weighted by atomic mass is 16.6. The molecule has 9 nitrogen and oxygen atoms in total. The fraction of sp³-hybridized carbons (Fsp3) is 0.222. The van der Waals surface area contributed by atoms with Crippen molar-refractivity contribution in [2.75, 3.05) is 20.2 Å². The number of cyclic esters (lactones) is 1. The first-order valence-corrected chi connectivity index (χ1v) is 11.6. The summed E-state index contributed by atoms with van der Waals surface area (Å²) in [5, 5.41) is 3.71. The molecule has 1 atom stereocenters. The summed E-state index contributed by atoms with van der Waals surface area (Å²) in [5.41, 5.74) is 2.51. The number of nitrogens with zero attached hydrogens (tertiary/aromatic N) is 2. The van der Waals surface area contributed by atoms with E-state index in [4.69, 9.17) is 18.9 Å². The summed E-state index contributed by atoms with van der Waals surface area (Å²) in [5.74, 6) is 0.994. The zero-order chi connectivity index (χ0) is 24.9. The van der Waals surface area contributed by atoms with Gasteiger partial charge in [-0.25, -0.2) is 14.7 Å². The van der Waals surface area contributed by atoms with E-state index in [9.17, 15) is 9.59 Å². The number of fused-ring (bicyclic) bond motifs is 1. The number of rotatable bonds is 7. The standard InChI is InChI=1S/C27H25N3O6/c1-33-24-13-11-20-9-5-8-19(26(20)29-24)10-12-23(31)28-14-21-15-30(27(32)35-21)25-17-34-16-22(36-25)18-6-3-2-4-7-18/h2-3,5-6,8-13,16-17,21H,4,7,14-15H2,1H3,(H,28,31)/b12-10+/t21-/m1/s1. The fourth-order valence-corrected chi connectivity index (χ4v) is 4.03. The van der Waals surface area contributed by atoms with E-state index in [-0.39, 0.29) is 24.9 Å². The number of para-hydroxylation sites is 1. The van der Waals surface area contributed by atoms with E-state index in [0.29, 0.717) is 11.6 Å². The maximum atomic E-state index is 12.4. The van der Waals surface area contributed by atoms with Crippen LogP contribution in [-0.4, -0.2) is 48.2 Å². The number of carbonyl (C=O) groups excluding carboxylic acids is 2. The van der Waals surface area contributed by atoms with Gasteiger partial charge in [-0.15, -0.1) is 0 Å². The maximum Gasteiger partial charge on any atom is 0.417 e. The molecule has 3 heterocycles. The molecule has 5 rings (SSSR count). The lowest BCUT2D eigenvalue weighted by atomic mass is 10.0.